The van der Waals surface area contributed by atoms with Crippen molar-refractivity contribution in [2.24, 2.45) is 0 Å². The van der Waals surface area contributed by atoms with E-state index >= 15 is 0 Å². The highest BCUT2D eigenvalue weighted by atomic mass is 32.1. The number of aryl methyl sites for hydroxylation is 1. The van der Waals surface area contributed by atoms with Gasteiger partial charge in [-0.05, 0) is 13.0 Å². The summed E-state index contributed by atoms with van der Waals surface area (Å²) in [5.74, 6) is -3.40. The second-order valence-corrected chi connectivity index (χ2v) is 7.43. The molecule has 0 radical (unpaired) electrons. The highest BCUT2D eigenvalue weighted by molar-refractivity contribution is 7.13. The number of nitrogens with one attached hydrogen (secondary N) is 1. The molecule has 0 bridgehead atoms. The molecule has 2 aromatic carbocycles. The number of benzene rings is 2. The van der Waals surface area contributed by atoms with Crippen LogP contribution < -0.4 is 5.32 Å². The second-order valence-electron chi connectivity index (χ2n) is 6.57. The van der Waals surface area contributed by atoms with E-state index in [9.17, 15) is 18.4 Å². The number of hydrogen-bond acceptors (Lipinski definition) is 4. The minimum atomic E-state index is -1.21. The molecule has 0 aliphatic rings. The number of rotatable bonds is 7. The molecule has 150 valence electrons. The van der Waals surface area contributed by atoms with Crippen LogP contribution >= 0.6 is 11.3 Å². The van der Waals surface area contributed by atoms with Gasteiger partial charge in [0.25, 0.3) is 0 Å². The van der Waals surface area contributed by atoms with Gasteiger partial charge in [-0.1, -0.05) is 35.9 Å². The van der Waals surface area contributed by atoms with Gasteiger partial charge in [-0.25, -0.2) is 13.8 Å². The summed E-state index contributed by atoms with van der Waals surface area (Å²) in [6, 6.07) is 9.52. The van der Waals surface area contributed by atoms with E-state index in [0.717, 1.165) is 28.3 Å². The topological polar surface area (TPSA) is 79.3 Å². The van der Waals surface area contributed by atoms with E-state index in [2.05, 4.69) is 10.3 Å². The third-order valence-electron chi connectivity index (χ3n) is 4.24. The molecule has 0 fully saturated rings. The van der Waals surface area contributed by atoms with E-state index < -0.39 is 36.0 Å². The Hall–Kier alpha value is -3.13. The fraction of sp³-hybridized carbons (Fsp3) is 0.190. The number of amides is 1. The lowest BCUT2D eigenvalue weighted by Crippen LogP contribution is -2.32. The molecular formula is C21H18F2N2O3S. The Balaban J connectivity index is 1.72. The maximum absolute atomic E-state index is 14.1. The number of aliphatic carboxylic acids is 1. The number of carbonyl (C=O) groups excluding carboxylic acids is 1. The average Bonchev–Trinajstić information content (AvgIpc) is 3.09. The molecular weight excluding hydrogens is 398 g/mol. The Morgan fingerprint density at radius 2 is 1.90 bits per heavy atom. The molecule has 0 spiro atoms. The Morgan fingerprint density at radius 1 is 1.17 bits per heavy atom. The van der Waals surface area contributed by atoms with Crippen LogP contribution in [-0.2, 0) is 16.0 Å². The maximum atomic E-state index is 14.1. The number of carboxylic acid groups (broad SMARTS) is 1. The molecule has 0 saturated carbocycles. The standard InChI is InChI=1S/C21H18F2N2O3S/c1-12-2-4-13(5-3-12)21-24-15(11-29-21)9-19(26)25-18(10-20(27)28)16-7-6-14(22)8-17(16)23/h2-8,11,18H,9-10H2,1H3,(H,25,26)(H,27,28). The van der Waals surface area contributed by atoms with Gasteiger partial charge >= 0.3 is 5.97 Å². The summed E-state index contributed by atoms with van der Waals surface area (Å²) >= 11 is 1.39. The van der Waals surface area contributed by atoms with Gasteiger partial charge in [0.2, 0.25) is 5.91 Å². The lowest BCUT2D eigenvalue weighted by molar-refractivity contribution is -0.137. The first-order valence-electron chi connectivity index (χ1n) is 8.79. The zero-order valence-electron chi connectivity index (χ0n) is 15.5. The number of nitrogens with zero attached hydrogens (tertiary/aromatic N) is 1. The molecule has 3 rings (SSSR count). The number of aromatic nitrogens is 1. The second kappa shape index (κ2) is 8.91. The van der Waals surface area contributed by atoms with Gasteiger partial charge in [0, 0.05) is 22.6 Å². The number of thiazole rings is 1. The SMILES string of the molecule is Cc1ccc(-c2nc(CC(=O)NC(CC(=O)O)c3ccc(F)cc3F)cs2)cc1. The third kappa shape index (κ3) is 5.45. The van der Waals surface area contributed by atoms with Gasteiger partial charge < -0.3 is 10.4 Å². The zero-order valence-corrected chi connectivity index (χ0v) is 16.3. The first-order valence-corrected chi connectivity index (χ1v) is 9.67. The van der Waals surface area contributed by atoms with Crippen molar-refractivity contribution < 1.29 is 23.5 Å². The first-order chi connectivity index (χ1) is 13.8. The highest BCUT2D eigenvalue weighted by Gasteiger charge is 2.22. The van der Waals surface area contributed by atoms with Crippen molar-refractivity contribution in [3.8, 4) is 10.6 Å². The Bertz CT molecular complexity index is 1030. The average molecular weight is 416 g/mol. The number of halogens is 2. The van der Waals surface area contributed by atoms with Crippen LogP contribution in [0, 0.1) is 18.6 Å². The molecule has 1 heterocycles. The summed E-state index contributed by atoms with van der Waals surface area (Å²) in [4.78, 5) is 28.0. The summed E-state index contributed by atoms with van der Waals surface area (Å²) in [6.45, 7) is 1.99. The largest absolute Gasteiger partial charge is 0.481 e. The molecule has 0 aliphatic carbocycles. The van der Waals surface area contributed by atoms with Gasteiger partial charge in [-0.2, -0.15) is 0 Å². The van der Waals surface area contributed by atoms with E-state index in [1.807, 2.05) is 31.2 Å². The lowest BCUT2D eigenvalue weighted by Gasteiger charge is -2.18. The van der Waals surface area contributed by atoms with Crippen LogP contribution in [0.3, 0.4) is 0 Å². The molecule has 1 aromatic heterocycles. The zero-order chi connectivity index (χ0) is 21.0. The van der Waals surface area contributed by atoms with Crippen LogP contribution in [-0.4, -0.2) is 22.0 Å². The summed E-state index contributed by atoms with van der Waals surface area (Å²) in [6.07, 6.45) is -0.610. The van der Waals surface area contributed by atoms with Crippen LogP contribution in [0.15, 0.2) is 47.8 Å². The first kappa shape index (κ1) is 20.6. The Labute approximate surface area is 170 Å². The van der Waals surface area contributed by atoms with Crippen LogP contribution in [0.2, 0.25) is 0 Å². The summed E-state index contributed by atoms with van der Waals surface area (Å²) in [5.41, 5.74) is 2.50. The van der Waals surface area contributed by atoms with Gasteiger partial charge in [-0.15, -0.1) is 11.3 Å². The number of hydrogen-bond donors (Lipinski definition) is 2. The fourth-order valence-electron chi connectivity index (χ4n) is 2.82. The van der Waals surface area contributed by atoms with Crippen molar-refractivity contribution in [1.29, 1.82) is 0 Å². The quantitative estimate of drug-likeness (QED) is 0.603. The van der Waals surface area contributed by atoms with E-state index in [4.69, 9.17) is 5.11 Å². The van der Waals surface area contributed by atoms with E-state index in [-0.39, 0.29) is 12.0 Å². The van der Waals surface area contributed by atoms with Crippen molar-refractivity contribution >= 4 is 23.2 Å². The van der Waals surface area contributed by atoms with E-state index in [0.29, 0.717) is 11.8 Å². The van der Waals surface area contributed by atoms with Gasteiger partial charge in [-0.3, -0.25) is 9.59 Å². The smallest absolute Gasteiger partial charge is 0.305 e. The monoisotopic (exact) mass is 416 g/mol. The maximum Gasteiger partial charge on any atom is 0.305 e. The van der Waals surface area contributed by atoms with Crippen molar-refractivity contribution in [2.75, 3.05) is 0 Å². The molecule has 2 N–H and O–H groups in total. The minimum absolute atomic E-state index is 0.0820. The molecule has 29 heavy (non-hydrogen) atoms. The summed E-state index contributed by atoms with van der Waals surface area (Å²) < 4.78 is 27.2. The molecule has 1 atom stereocenters. The predicted octanol–water partition coefficient (Wildman–Crippen LogP) is 4.27. The van der Waals surface area contributed by atoms with Crippen molar-refractivity contribution in [1.82, 2.24) is 10.3 Å². The molecule has 0 saturated heterocycles. The minimum Gasteiger partial charge on any atom is -0.481 e. The van der Waals surface area contributed by atoms with Crippen LogP contribution in [0.25, 0.3) is 10.6 Å². The number of carbonyl (C=O) groups is 2. The fourth-order valence-corrected chi connectivity index (χ4v) is 3.65. The van der Waals surface area contributed by atoms with Crippen LogP contribution in [0.1, 0.15) is 29.3 Å². The number of carboxylic acids is 1. The normalized spacial score (nSPS) is 11.8. The molecule has 0 aliphatic heterocycles. The summed E-state index contributed by atoms with van der Waals surface area (Å²) in [7, 11) is 0. The van der Waals surface area contributed by atoms with Crippen molar-refractivity contribution in [3.05, 3.63) is 76.3 Å². The molecule has 1 amide bonds. The predicted molar refractivity (Wildman–Crippen MR) is 105 cm³/mol. The summed E-state index contributed by atoms with van der Waals surface area (Å²) in [5, 5.41) is 14.1. The van der Waals surface area contributed by atoms with Crippen LogP contribution in [0.5, 0.6) is 0 Å². The Kier molecular flexibility index (Phi) is 6.33. The van der Waals surface area contributed by atoms with Gasteiger partial charge in [0.05, 0.1) is 24.6 Å². The van der Waals surface area contributed by atoms with Gasteiger partial charge in [0.1, 0.15) is 16.6 Å². The highest BCUT2D eigenvalue weighted by Crippen LogP contribution is 2.25. The Morgan fingerprint density at radius 3 is 2.55 bits per heavy atom. The molecule has 5 nitrogen and oxygen atoms in total. The van der Waals surface area contributed by atoms with Crippen molar-refractivity contribution in [3.63, 3.8) is 0 Å². The van der Waals surface area contributed by atoms with E-state index in [1.165, 1.54) is 11.3 Å². The molecule has 3 aromatic rings. The lowest BCUT2D eigenvalue weighted by atomic mass is 10.0. The van der Waals surface area contributed by atoms with Crippen molar-refractivity contribution in [2.45, 2.75) is 25.8 Å². The van der Waals surface area contributed by atoms with E-state index in [1.54, 1.807) is 5.38 Å². The molecule has 1 unspecified atom stereocenters. The van der Waals surface area contributed by atoms with Crippen LogP contribution in [0.4, 0.5) is 8.78 Å². The van der Waals surface area contributed by atoms with Gasteiger partial charge in [0.15, 0.2) is 0 Å². The molecule has 8 heteroatoms. The third-order valence-corrected chi connectivity index (χ3v) is 5.18.